The number of likely N-dealkylation sites (tertiary alicyclic amines) is 2. The van der Waals surface area contributed by atoms with Crippen molar-refractivity contribution in [2.45, 2.75) is 56.7 Å². The van der Waals surface area contributed by atoms with Gasteiger partial charge in [-0.15, -0.1) is 6.58 Å². The Bertz CT molecular complexity index is 1270. The van der Waals surface area contributed by atoms with E-state index in [-0.39, 0.29) is 42.0 Å². The molecule has 0 bridgehead atoms. The number of urea groups is 1. The quantitative estimate of drug-likeness (QED) is 0.242. The van der Waals surface area contributed by atoms with Gasteiger partial charge in [-0.05, 0) is 36.8 Å². The first kappa shape index (κ1) is 30.7. The fourth-order valence-electron chi connectivity index (χ4n) is 7.04. The van der Waals surface area contributed by atoms with Crippen LogP contribution < -0.4 is 5.32 Å². The summed E-state index contributed by atoms with van der Waals surface area (Å²) in [5.41, 5.74) is 0.565. The second-order valence-electron chi connectivity index (χ2n) is 12.2. The summed E-state index contributed by atoms with van der Waals surface area (Å²) in [6, 6.07) is 15.8. The lowest BCUT2D eigenvalue weighted by atomic mass is 9.83. The number of rotatable bonds is 10. The van der Waals surface area contributed by atoms with Gasteiger partial charge in [0.05, 0.1) is 11.5 Å². The molecule has 0 aromatic heterocycles. The number of hydrogen-bond acceptors (Lipinski definition) is 6. The van der Waals surface area contributed by atoms with E-state index in [1.807, 2.05) is 40.1 Å². The van der Waals surface area contributed by atoms with Gasteiger partial charge < -0.3 is 25.1 Å². The number of benzene rings is 2. The van der Waals surface area contributed by atoms with E-state index in [2.05, 4.69) is 16.8 Å². The smallest absolute Gasteiger partial charge is 0.318 e. The van der Waals surface area contributed by atoms with E-state index in [4.69, 9.17) is 0 Å². The van der Waals surface area contributed by atoms with Crippen molar-refractivity contribution in [1.29, 1.82) is 0 Å². The average Bonchev–Trinajstić information content (AvgIpc) is 3.69. The first-order valence-corrected chi connectivity index (χ1v) is 15.5. The van der Waals surface area contributed by atoms with Crippen LogP contribution in [0.1, 0.15) is 49.7 Å². The molecule has 43 heavy (non-hydrogen) atoms. The third-order valence-electron chi connectivity index (χ3n) is 9.49. The van der Waals surface area contributed by atoms with Crippen molar-refractivity contribution in [3.05, 3.63) is 88.5 Å². The van der Waals surface area contributed by atoms with E-state index in [1.54, 1.807) is 18.2 Å². The molecular formula is C33H43N5O5. The van der Waals surface area contributed by atoms with Crippen LogP contribution in [0.4, 0.5) is 10.5 Å². The Morgan fingerprint density at radius 2 is 1.74 bits per heavy atom. The topological polar surface area (TPSA) is 119 Å². The zero-order valence-electron chi connectivity index (χ0n) is 24.8. The van der Waals surface area contributed by atoms with Crippen molar-refractivity contribution in [3.8, 4) is 0 Å². The highest BCUT2D eigenvalue weighted by atomic mass is 16.6. The SMILES string of the molecule is C=CCN(C(=O)NCc1ccc([N+](=O)[O-])cc1)C1CCN(C[C@H]2CN(C(=O)C3CCCC3)C[C@]2(O)c2ccccc2)CC1. The molecule has 3 amide bonds. The van der Waals surface area contributed by atoms with Gasteiger partial charge in [-0.1, -0.05) is 61.4 Å². The monoisotopic (exact) mass is 589 g/mol. The van der Waals surface area contributed by atoms with Crippen molar-refractivity contribution >= 4 is 17.6 Å². The number of aliphatic hydroxyl groups is 1. The molecular weight excluding hydrogens is 546 g/mol. The summed E-state index contributed by atoms with van der Waals surface area (Å²) in [7, 11) is 0. The molecule has 5 rings (SSSR count). The van der Waals surface area contributed by atoms with E-state index in [1.165, 1.54) is 12.1 Å². The van der Waals surface area contributed by atoms with Crippen LogP contribution in [-0.2, 0) is 16.9 Å². The van der Waals surface area contributed by atoms with Gasteiger partial charge in [0.25, 0.3) is 5.69 Å². The summed E-state index contributed by atoms with van der Waals surface area (Å²) in [6.07, 6.45) is 7.40. The molecule has 3 fully saturated rings. The molecule has 2 saturated heterocycles. The van der Waals surface area contributed by atoms with Crippen molar-refractivity contribution in [2.24, 2.45) is 11.8 Å². The molecule has 1 saturated carbocycles. The molecule has 10 nitrogen and oxygen atoms in total. The number of nitrogens with one attached hydrogen (secondary N) is 1. The van der Waals surface area contributed by atoms with Gasteiger partial charge in [-0.25, -0.2) is 4.79 Å². The van der Waals surface area contributed by atoms with Gasteiger partial charge in [0, 0.05) is 69.3 Å². The van der Waals surface area contributed by atoms with Crippen LogP contribution in [0.2, 0.25) is 0 Å². The standard InChI is InChI=1S/C33H43N5O5/c1-2-18-37(32(40)34-21-25-12-14-30(15-13-25)38(42)43)29-16-19-35(20-17-29)22-28-23-36(31(39)26-8-6-7-9-26)24-33(28,41)27-10-4-3-5-11-27/h2-5,10-15,26,28-29,41H,1,6-9,16-24H2,(H,34,40)/t28-,33-/m0/s1. The molecule has 2 heterocycles. The molecule has 2 aromatic carbocycles. The molecule has 2 aromatic rings. The van der Waals surface area contributed by atoms with Crippen LogP contribution in [0.25, 0.3) is 0 Å². The number of carbonyl (C=O) groups is 2. The van der Waals surface area contributed by atoms with E-state index < -0.39 is 10.5 Å². The van der Waals surface area contributed by atoms with E-state index in [9.17, 15) is 24.8 Å². The average molecular weight is 590 g/mol. The number of carbonyl (C=O) groups excluding carboxylic acids is 2. The van der Waals surface area contributed by atoms with Gasteiger partial charge in [-0.3, -0.25) is 14.9 Å². The number of hydrogen-bond donors (Lipinski definition) is 2. The van der Waals surface area contributed by atoms with Crippen LogP contribution >= 0.6 is 0 Å². The highest BCUT2D eigenvalue weighted by Gasteiger charge is 2.49. The Morgan fingerprint density at radius 1 is 1.07 bits per heavy atom. The largest absolute Gasteiger partial charge is 0.383 e. The maximum absolute atomic E-state index is 13.4. The zero-order chi connectivity index (χ0) is 30.4. The second-order valence-corrected chi connectivity index (χ2v) is 12.2. The van der Waals surface area contributed by atoms with E-state index >= 15 is 0 Å². The number of nitro groups is 1. The summed E-state index contributed by atoms with van der Waals surface area (Å²) in [4.78, 5) is 43.1. The summed E-state index contributed by atoms with van der Waals surface area (Å²) < 4.78 is 0. The van der Waals surface area contributed by atoms with Crippen LogP contribution in [0.15, 0.2) is 67.3 Å². The van der Waals surface area contributed by atoms with Crippen LogP contribution in [0, 0.1) is 22.0 Å². The lowest BCUT2D eigenvalue weighted by Gasteiger charge is -2.40. The number of nitrogens with zero attached hydrogens (tertiary/aromatic N) is 4. The number of amides is 3. The molecule has 0 spiro atoms. The Balaban J connectivity index is 1.19. The lowest BCUT2D eigenvalue weighted by Crippen LogP contribution is -2.52. The predicted molar refractivity (Wildman–Crippen MR) is 164 cm³/mol. The minimum Gasteiger partial charge on any atom is -0.383 e. The van der Waals surface area contributed by atoms with E-state index in [0.717, 1.165) is 62.7 Å². The normalized spacial score (nSPS) is 23.3. The Morgan fingerprint density at radius 3 is 2.37 bits per heavy atom. The maximum atomic E-state index is 13.4. The molecule has 1 aliphatic carbocycles. The molecule has 0 unspecified atom stereocenters. The fourth-order valence-corrected chi connectivity index (χ4v) is 7.04. The molecule has 10 heteroatoms. The summed E-state index contributed by atoms with van der Waals surface area (Å²) >= 11 is 0. The van der Waals surface area contributed by atoms with Gasteiger partial charge in [0.1, 0.15) is 5.60 Å². The number of piperidine rings is 1. The number of non-ortho nitro benzene ring substituents is 1. The predicted octanol–water partition coefficient (Wildman–Crippen LogP) is 4.29. The summed E-state index contributed by atoms with van der Waals surface area (Å²) in [5, 5.41) is 25.9. The van der Waals surface area contributed by atoms with Gasteiger partial charge in [-0.2, -0.15) is 0 Å². The van der Waals surface area contributed by atoms with Crippen molar-refractivity contribution in [1.82, 2.24) is 20.0 Å². The minimum absolute atomic E-state index is 0.0167. The zero-order valence-corrected chi connectivity index (χ0v) is 24.8. The van der Waals surface area contributed by atoms with E-state index in [0.29, 0.717) is 26.2 Å². The van der Waals surface area contributed by atoms with Crippen LogP contribution in [-0.4, -0.2) is 82.0 Å². The van der Waals surface area contributed by atoms with Gasteiger partial charge >= 0.3 is 6.03 Å². The molecule has 230 valence electrons. The number of β-amino-alcohol motifs (C(OH)–C–C–N with tert-alkyl or cyclic N) is 1. The first-order chi connectivity index (χ1) is 20.8. The first-order valence-electron chi connectivity index (χ1n) is 15.5. The van der Waals surface area contributed by atoms with Crippen LogP contribution in [0.3, 0.4) is 0 Å². The highest BCUT2D eigenvalue weighted by molar-refractivity contribution is 5.79. The van der Waals surface area contributed by atoms with Gasteiger partial charge in [0.15, 0.2) is 0 Å². The third kappa shape index (κ3) is 7.08. The Labute approximate surface area is 253 Å². The second kappa shape index (κ2) is 13.7. The Hall–Kier alpha value is -3.76. The van der Waals surface area contributed by atoms with Crippen molar-refractivity contribution in [2.75, 3.05) is 39.3 Å². The van der Waals surface area contributed by atoms with Gasteiger partial charge in [0.2, 0.25) is 5.91 Å². The molecule has 2 aliphatic heterocycles. The van der Waals surface area contributed by atoms with Crippen molar-refractivity contribution < 1.29 is 19.6 Å². The highest BCUT2D eigenvalue weighted by Crippen LogP contribution is 2.40. The Kier molecular flexibility index (Phi) is 9.77. The minimum atomic E-state index is -1.10. The molecule has 2 atom stereocenters. The van der Waals surface area contributed by atoms with Crippen molar-refractivity contribution in [3.63, 3.8) is 0 Å². The third-order valence-corrected chi connectivity index (χ3v) is 9.49. The molecule has 2 N–H and O–H groups in total. The summed E-state index contributed by atoms with van der Waals surface area (Å²) in [6.45, 7) is 7.67. The fraction of sp³-hybridized carbons (Fsp3) is 0.515. The molecule has 0 radical (unpaired) electrons. The molecule has 3 aliphatic rings. The van der Waals surface area contributed by atoms with Crippen LogP contribution in [0.5, 0.6) is 0 Å². The maximum Gasteiger partial charge on any atom is 0.318 e. The summed E-state index contributed by atoms with van der Waals surface area (Å²) in [5.74, 6) is 0.163. The number of nitro benzene ring substituents is 1. The lowest BCUT2D eigenvalue weighted by molar-refractivity contribution is -0.384.